The van der Waals surface area contributed by atoms with Crippen molar-refractivity contribution in [1.82, 2.24) is 15.1 Å². The summed E-state index contributed by atoms with van der Waals surface area (Å²) in [7, 11) is 1.51. The topological polar surface area (TPSA) is 101 Å². The van der Waals surface area contributed by atoms with Crippen LogP contribution in [0.15, 0.2) is 71.3 Å². The molecule has 2 saturated heterocycles. The van der Waals surface area contributed by atoms with Gasteiger partial charge in [0.2, 0.25) is 5.91 Å². The molecule has 1 atom stereocenters. The summed E-state index contributed by atoms with van der Waals surface area (Å²) in [5.74, 6) is -0.674. The van der Waals surface area contributed by atoms with Gasteiger partial charge < -0.3 is 24.1 Å². The Balaban J connectivity index is 1.38. The van der Waals surface area contributed by atoms with E-state index in [4.69, 9.17) is 13.9 Å². The van der Waals surface area contributed by atoms with Crippen molar-refractivity contribution in [3.05, 3.63) is 89.6 Å². The van der Waals surface area contributed by atoms with Gasteiger partial charge in [0, 0.05) is 31.5 Å². The van der Waals surface area contributed by atoms with E-state index in [1.54, 1.807) is 47.4 Å². The third-order valence-corrected chi connectivity index (χ3v) is 7.05. The summed E-state index contributed by atoms with van der Waals surface area (Å²) in [6.45, 7) is 0.633. The Kier molecular flexibility index (Phi) is 7.15. The maximum Gasteiger partial charge on any atom is 0.257 e. The Morgan fingerprint density at radius 3 is 2.55 bits per heavy atom. The number of hydrogen-bond donors (Lipinski definition) is 1. The fourth-order valence-electron chi connectivity index (χ4n) is 5.03. The molecule has 3 heterocycles. The first-order valence-electron chi connectivity index (χ1n) is 12.4. The van der Waals surface area contributed by atoms with Crippen molar-refractivity contribution in [3.63, 3.8) is 0 Å². The van der Waals surface area contributed by atoms with Gasteiger partial charge in [-0.3, -0.25) is 19.3 Å². The number of nitrogens with zero attached hydrogens (tertiary/aromatic N) is 2. The van der Waals surface area contributed by atoms with Crippen molar-refractivity contribution in [2.75, 3.05) is 26.8 Å². The largest absolute Gasteiger partial charge is 0.497 e. The van der Waals surface area contributed by atoms with Gasteiger partial charge in [-0.25, -0.2) is 4.39 Å². The molecule has 10 heteroatoms. The normalized spacial score (nSPS) is 18.4. The molecule has 38 heavy (non-hydrogen) atoms. The standard InChI is InChI=1S/C28H28FN3O6/c1-36-20-7-4-6-19(16-20)26(34)32-24(25(33)30-17-21-8-5-15-37-21)18-38-28(32)11-13-31(14-12-28)27(35)22-9-2-3-10-23(22)29/h2-10,15-16,24H,11-14,17-18H2,1H3,(H,30,33). The number of nitrogens with one attached hydrogen (secondary N) is 1. The zero-order valence-electron chi connectivity index (χ0n) is 20.9. The number of benzene rings is 2. The van der Waals surface area contributed by atoms with Crippen LogP contribution in [0.25, 0.3) is 0 Å². The molecule has 2 aromatic carbocycles. The first-order valence-corrected chi connectivity index (χ1v) is 12.4. The average Bonchev–Trinajstić information content (AvgIpc) is 3.60. The molecule has 1 N–H and O–H groups in total. The third-order valence-electron chi connectivity index (χ3n) is 7.05. The molecule has 2 aliphatic rings. The Morgan fingerprint density at radius 1 is 1.05 bits per heavy atom. The zero-order valence-corrected chi connectivity index (χ0v) is 20.9. The van der Waals surface area contributed by atoms with Crippen LogP contribution < -0.4 is 10.1 Å². The number of ether oxygens (including phenoxy) is 2. The number of piperidine rings is 1. The summed E-state index contributed by atoms with van der Waals surface area (Å²) in [5.41, 5.74) is -0.753. The Labute approximate surface area is 219 Å². The molecule has 0 bridgehead atoms. The predicted molar refractivity (Wildman–Crippen MR) is 134 cm³/mol. The summed E-state index contributed by atoms with van der Waals surface area (Å²) in [6, 6.07) is 15.1. The van der Waals surface area contributed by atoms with Crippen LogP contribution in [-0.4, -0.2) is 66.1 Å². The van der Waals surface area contributed by atoms with Crippen LogP contribution in [0.1, 0.15) is 39.3 Å². The van der Waals surface area contributed by atoms with E-state index in [0.29, 0.717) is 17.1 Å². The van der Waals surface area contributed by atoms with Gasteiger partial charge in [-0.15, -0.1) is 0 Å². The third kappa shape index (κ3) is 4.87. The fourth-order valence-corrected chi connectivity index (χ4v) is 5.03. The number of halogens is 1. The number of amides is 3. The van der Waals surface area contributed by atoms with Gasteiger partial charge in [-0.05, 0) is 42.5 Å². The van der Waals surface area contributed by atoms with Gasteiger partial charge >= 0.3 is 0 Å². The van der Waals surface area contributed by atoms with Crippen LogP contribution in [0.2, 0.25) is 0 Å². The van der Waals surface area contributed by atoms with Gasteiger partial charge in [-0.2, -0.15) is 0 Å². The molecular weight excluding hydrogens is 493 g/mol. The Morgan fingerprint density at radius 2 is 1.84 bits per heavy atom. The molecule has 3 aromatic rings. The quantitative estimate of drug-likeness (QED) is 0.535. The number of methoxy groups -OCH3 is 1. The van der Waals surface area contributed by atoms with E-state index in [1.807, 2.05) is 0 Å². The summed E-state index contributed by atoms with van der Waals surface area (Å²) < 4.78 is 31.0. The number of rotatable bonds is 6. The van der Waals surface area contributed by atoms with Crippen LogP contribution in [-0.2, 0) is 16.1 Å². The summed E-state index contributed by atoms with van der Waals surface area (Å²) >= 11 is 0. The highest BCUT2D eigenvalue weighted by molar-refractivity contribution is 5.99. The molecule has 1 unspecified atom stereocenters. The lowest BCUT2D eigenvalue weighted by Gasteiger charge is -2.44. The molecule has 2 fully saturated rings. The van der Waals surface area contributed by atoms with Gasteiger partial charge in [-0.1, -0.05) is 18.2 Å². The molecule has 3 amide bonds. The van der Waals surface area contributed by atoms with E-state index >= 15 is 0 Å². The monoisotopic (exact) mass is 521 g/mol. The fraction of sp³-hybridized carbons (Fsp3) is 0.321. The highest BCUT2D eigenvalue weighted by Gasteiger charge is 2.54. The van der Waals surface area contributed by atoms with Crippen LogP contribution in [0.4, 0.5) is 4.39 Å². The second kappa shape index (κ2) is 10.7. The van der Waals surface area contributed by atoms with Crippen LogP contribution >= 0.6 is 0 Å². The van der Waals surface area contributed by atoms with Crippen molar-refractivity contribution in [1.29, 1.82) is 0 Å². The lowest BCUT2D eigenvalue weighted by Crippen LogP contribution is -2.59. The molecule has 0 radical (unpaired) electrons. The number of carbonyl (C=O) groups excluding carboxylic acids is 3. The number of carbonyl (C=O) groups is 3. The molecule has 0 saturated carbocycles. The first-order chi connectivity index (χ1) is 18.4. The van der Waals surface area contributed by atoms with Crippen LogP contribution in [0.3, 0.4) is 0 Å². The van der Waals surface area contributed by atoms with Crippen molar-refractivity contribution >= 4 is 17.7 Å². The lowest BCUT2D eigenvalue weighted by molar-refractivity contribution is -0.128. The smallest absolute Gasteiger partial charge is 0.257 e. The Bertz CT molecular complexity index is 1320. The van der Waals surface area contributed by atoms with E-state index in [-0.39, 0.29) is 56.5 Å². The minimum absolute atomic E-state index is 0.000949. The summed E-state index contributed by atoms with van der Waals surface area (Å²) in [6.07, 6.45) is 2.06. The van der Waals surface area contributed by atoms with Gasteiger partial charge in [0.1, 0.15) is 29.1 Å². The molecule has 1 spiro atoms. The predicted octanol–water partition coefficient (Wildman–Crippen LogP) is 3.22. The molecule has 198 valence electrons. The summed E-state index contributed by atoms with van der Waals surface area (Å²) in [5, 5.41) is 2.83. The Hall–Kier alpha value is -4.18. The van der Waals surface area contributed by atoms with Crippen LogP contribution in [0.5, 0.6) is 5.75 Å². The van der Waals surface area contributed by atoms with E-state index in [0.717, 1.165) is 0 Å². The van der Waals surface area contributed by atoms with E-state index in [1.165, 1.54) is 36.5 Å². The van der Waals surface area contributed by atoms with Crippen molar-refractivity contribution < 1.29 is 32.7 Å². The number of likely N-dealkylation sites (tertiary alicyclic amines) is 1. The van der Waals surface area contributed by atoms with E-state index in [2.05, 4.69) is 5.32 Å². The SMILES string of the molecule is COc1cccc(C(=O)N2C(C(=O)NCc3ccco3)COC23CCN(C(=O)c2ccccc2F)CC3)c1. The second-order valence-corrected chi connectivity index (χ2v) is 9.25. The maximum absolute atomic E-state index is 14.2. The second-order valence-electron chi connectivity index (χ2n) is 9.25. The average molecular weight is 522 g/mol. The summed E-state index contributed by atoms with van der Waals surface area (Å²) in [4.78, 5) is 43.2. The van der Waals surface area contributed by atoms with Crippen molar-refractivity contribution in [2.45, 2.75) is 31.2 Å². The molecular formula is C28H28FN3O6. The number of hydrogen-bond acceptors (Lipinski definition) is 6. The molecule has 9 nitrogen and oxygen atoms in total. The number of furan rings is 1. The van der Waals surface area contributed by atoms with E-state index < -0.39 is 23.5 Å². The maximum atomic E-state index is 14.2. The van der Waals surface area contributed by atoms with Gasteiger partial charge in [0.15, 0.2) is 0 Å². The van der Waals surface area contributed by atoms with E-state index in [9.17, 15) is 18.8 Å². The highest BCUT2D eigenvalue weighted by Crippen LogP contribution is 2.39. The van der Waals surface area contributed by atoms with Gasteiger partial charge in [0.05, 0.1) is 32.1 Å². The molecule has 5 rings (SSSR count). The van der Waals surface area contributed by atoms with Crippen molar-refractivity contribution in [3.8, 4) is 5.75 Å². The van der Waals surface area contributed by atoms with Gasteiger partial charge in [0.25, 0.3) is 11.8 Å². The van der Waals surface area contributed by atoms with Crippen molar-refractivity contribution in [2.24, 2.45) is 0 Å². The van der Waals surface area contributed by atoms with Crippen LogP contribution in [0, 0.1) is 5.82 Å². The first kappa shape index (κ1) is 25.5. The zero-order chi connectivity index (χ0) is 26.7. The lowest BCUT2D eigenvalue weighted by atomic mass is 9.96. The molecule has 0 aliphatic carbocycles. The highest BCUT2D eigenvalue weighted by atomic mass is 19.1. The molecule has 2 aliphatic heterocycles. The minimum atomic E-state index is -1.10. The molecule has 1 aromatic heterocycles. The minimum Gasteiger partial charge on any atom is -0.497 e.